The Hall–Kier alpha value is -3.56. The fourth-order valence-electron chi connectivity index (χ4n) is 3.11. The van der Waals surface area contributed by atoms with Crippen molar-refractivity contribution in [3.63, 3.8) is 0 Å². The van der Waals surface area contributed by atoms with Crippen LogP contribution in [-0.4, -0.2) is 40.2 Å². The number of hydrogen-bond donors (Lipinski definition) is 0. The number of aromatic nitrogens is 2. The van der Waals surface area contributed by atoms with Crippen molar-refractivity contribution in [3.8, 4) is 11.3 Å². The molecule has 0 fully saturated rings. The van der Waals surface area contributed by atoms with Crippen LogP contribution in [0.5, 0.6) is 0 Å². The zero-order valence-corrected chi connectivity index (χ0v) is 18.6. The first kappa shape index (κ1) is 24.1. The number of esters is 1. The quantitative estimate of drug-likeness (QED) is 0.479. The number of carbonyl (C=O) groups is 2. The number of fused-ring (bicyclic) bond motifs is 1. The van der Waals surface area contributed by atoms with Crippen LogP contribution in [-0.2, 0) is 20.4 Å². The number of imidazole rings is 1. The molecule has 2 aromatic heterocycles. The molecule has 0 saturated carbocycles. The van der Waals surface area contributed by atoms with Crippen LogP contribution in [0, 0.1) is 0 Å². The highest BCUT2D eigenvalue weighted by Crippen LogP contribution is 2.33. The van der Waals surface area contributed by atoms with Gasteiger partial charge < -0.3 is 9.47 Å². The fraction of sp³-hybridized carbons (Fsp3) is 0.348. The number of carbonyl (C=O) groups excluding carboxylic acids is 2. The van der Waals surface area contributed by atoms with Crippen LogP contribution in [0.15, 0.2) is 48.7 Å². The number of rotatable bonds is 5. The van der Waals surface area contributed by atoms with Gasteiger partial charge in [0.25, 0.3) is 0 Å². The van der Waals surface area contributed by atoms with Gasteiger partial charge in [0.1, 0.15) is 12.1 Å². The van der Waals surface area contributed by atoms with E-state index in [1.165, 1.54) is 12.1 Å². The van der Waals surface area contributed by atoms with E-state index < -0.39 is 35.9 Å². The van der Waals surface area contributed by atoms with Gasteiger partial charge in [0.15, 0.2) is 0 Å². The molecule has 33 heavy (non-hydrogen) atoms. The van der Waals surface area contributed by atoms with Gasteiger partial charge in [0.05, 0.1) is 23.4 Å². The van der Waals surface area contributed by atoms with E-state index in [1.54, 1.807) is 56.5 Å². The summed E-state index contributed by atoms with van der Waals surface area (Å²) in [6.45, 7) is 6.37. The Kier molecular flexibility index (Phi) is 6.66. The molecule has 0 atom stereocenters. The standard InChI is InChI=1S/C23H24F3N3O4/c1-5-32-18(30)14-29(21(31)33-22(2,3)4)20-27-19(17-8-6-7-13-28(17)20)15-9-11-16(12-10-15)23(24,25)26/h6-13H,5,14H2,1-4H3. The van der Waals surface area contributed by atoms with Crippen molar-refractivity contribution in [2.45, 2.75) is 39.5 Å². The summed E-state index contributed by atoms with van der Waals surface area (Å²) in [6.07, 6.45) is -3.65. The predicted molar refractivity (Wildman–Crippen MR) is 116 cm³/mol. The van der Waals surface area contributed by atoms with Crippen molar-refractivity contribution in [1.82, 2.24) is 9.38 Å². The van der Waals surface area contributed by atoms with E-state index >= 15 is 0 Å². The van der Waals surface area contributed by atoms with Crippen LogP contribution >= 0.6 is 0 Å². The first-order valence-electron chi connectivity index (χ1n) is 10.2. The first-order chi connectivity index (χ1) is 15.4. The van der Waals surface area contributed by atoms with Crippen LogP contribution < -0.4 is 4.90 Å². The van der Waals surface area contributed by atoms with Gasteiger partial charge >= 0.3 is 18.2 Å². The fourth-order valence-corrected chi connectivity index (χ4v) is 3.11. The highest BCUT2D eigenvalue weighted by atomic mass is 19.4. The molecule has 0 aliphatic carbocycles. The van der Waals surface area contributed by atoms with Crippen LogP contribution in [0.3, 0.4) is 0 Å². The predicted octanol–water partition coefficient (Wildman–Crippen LogP) is 5.32. The molecule has 10 heteroatoms. The van der Waals surface area contributed by atoms with Gasteiger partial charge in [-0.15, -0.1) is 0 Å². The van der Waals surface area contributed by atoms with Gasteiger partial charge in [-0.25, -0.2) is 14.7 Å². The van der Waals surface area contributed by atoms with E-state index in [-0.39, 0.29) is 12.6 Å². The number of ether oxygens (including phenoxy) is 2. The lowest BCUT2D eigenvalue weighted by molar-refractivity contribution is -0.141. The average Bonchev–Trinajstić information content (AvgIpc) is 3.10. The summed E-state index contributed by atoms with van der Waals surface area (Å²) in [6, 6.07) is 9.70. The van der Waals surface area contributed by atoms with Gasteiger partial charge in [-0.3, -0.25) is 9.20 Å². The number of anilines is 1. The molecule has 0 radical (unpaired) electrons. The summed E-state index contributed by atoms with van der Waals surface area (Å²) >= 11 is 0. The maximum absolute atomic E-state index is 13.0. The molecule has 0 unspecified atom stereocenters. The minimum atomic E-state index is -4.47. The molecule has 0 aliphatic heterocycles. The summed E-state index contributed by atoms with van der Waals surface area (Å²) in [5.74, 6) is -0.588. The molecule has 3 rings (SSSR count). The Bertz CT molecular complexity index is 1150. The largest absolute Gasteiger partial charge is 0.465 e. The van der Waals surface area contributed by atoms with Crippen molar-refractivity contribution in [1.29, 1.82) is 0 Å². The lowest BCUT2D eigenvalue weighted by Crippen LogP contribution is -2.41. The van der Waals surface area contributed by atoms with Crippen LogP contribution in [0.4, 0.5) is 23.9 Å². The maximum Gasteiger partial charge on any atom is 0.417 e. The number of alkyl halides is 3. The van der Waals surface area contributed by atoms with E-state index in [2.05, 4.69) is 4.98 Å². The average molecular weight is 463 g/mol. The Morgan fingerprint density at radius 3 is 2.30 bits per heavy atom. The van der Waals surface area contributed by atoms with Gasteiger partial charge in [-0.05, 0) is 52.0 Å². The van der Waals surface area contributed by atoms with Crippen molar-refractivity contribution < 1.29 is 32.2 Å². The molecule has 7 nitrogen and oxygen atoms in total. The highest BCUT2D eigenvalue weighted by molar-refractivity contribution is 5.94. The summed E-state index contributed by atoms with van der Waals surface area (Å²) < 4.78 is 50.9. The summed E-state index contributed by atoms with van der Waals surface area (Å²) in [5.41, 5.74) is -0.333. The molecule has 0 N–H and O–H groups in total. The number of halogens is 3. The Morgan fingerprint density at radius 1 is 1.06 bits per heavy atom. The minimum absolute atomic E-state index is 0.0720. The second-order valence-electron chi connectivity index (χ2n) is 8.16. The number of benzene rings is 1. The van der Waals surface area contributed by atoms with Gasteiger partial charge in [0, 0.05) is 11.8 Å². The summed E-state index contributed by atoms with van der Waals surface area (Å²) in [7, 11) is 0. The molecular formula is C23H24F3N3O4. The SMILES string of the molecule is CCOC(=O)CN(C(=O)OC(C)(C)C)c1nc(-c2ccc(C(F)(F)F)cc2)c2ccccn12. The zero-order valence-electron chi connectivity index (χ0n) is 18.6. The van der Waals surface area contributed by atoms with Crippen molar-refractivity contribution in [2.75, 3.05) is 18.1 Å². The molecule has 0 aliphatic rings. The minimum Gasteiger partial charge on any atom is -0.465 e. The molecule has 1 aromatic carbocycles. The van der Waals surface area contributed by atoms with E-state index in [1.807, 2.05) is 0 Å². The normalized spacial score (nSPS) is 12.0. The van der Waals surface area contributed by atoms with Crippen LogP contribution in [0.25, 0.3) is 16.8 Å². The summed E-state index contributed by atoms with van der Waals surface area (Å²) in [4.78, 5) is 30.7. The third-order valence-electron chi connectivity index (χ3n) is 4.46. The van der Waals surface area contributed by atoms with Gasteiger partial charge in [-0.2, -0.15) is 13.2 Å². The molecule has 0 spiro atoms. The highest BCUT2D eigenvalue weighted by Gasteiger charge is 2.32. The molecule has 1 amide bonds. The second kappa shape index (κ2) is 9.13. The molecule has 0 saturated heterocycles. The molecule has 3 aromatic rings. The molecular weight excluding hydrogens is 439 g/mol. The van der Waals surface area contributed by atoms with E-state index in [0.717, 1.165) is 17.0 Å². The van der Waals surface area contributed by atoms with Crippen LogP contribution in [0.2, 0.25) is 0 Å². The lowest BCUT2D eigenvalue weighted by atomic mass is 10.1. The molecule has 2 heterocycles. The Balaban J connectivity index is 2.11. The van der Waals surface area contributed by atoms with E-state index in [4.69, 9.17) is 9.47 Å². The lowest BCUT2D eigenvalue weighted by Gasteiger charge is -2.25. The Morgan fingerprint density at radius 2 is 1.73 bits per heavy atom. The number of nitrogens with zero attached hydrogens (tertiary/aromatic N) is 3. The zero-order chi connectivity index (χ0) is 24.4. The second-order valence-corrected chi connectivity index (χ2v) is 8.16. The number of pyridine rings is 1. The number of hydrogen-bond acceptors (Lipinski definition) is 5. The van der Waals surface area contributed by atoms with Gasteiger partial charge in [-0.1, -0.05) is 18.2 Å². The van der Waals surface area contributed by atoms with Crippen LogP contribution in [0.1, 0.15) is 33.3 Å². The third kappa shape index (κ3) is 5.63. The molecule has 0 bridgehead atoms. The number of amides is 1. The topological polar surface area (TPSA) is 73.1 Å². The molecule has 176 valence electrons. The monoisotopic (exact) mass is 463 g/mol. The van der Waals surface area contributed by atoms with E-state index in [0.29, 0.717) is 16.8 Å². The Labute approximate surface area is 188 Å². The van der Waals surface area contributed by atoms with Gasteiger partial charge in [0.2, 0.25) is 5.95 Å². The van der Waals surface area contributed by atoms with E-state index in [9.17, 15) is 22.8 Å². The summed E-state index contributed by atoms with van der Waals surface area (Å²) in [5, 5.41) is 0. The van der Waals surface area contributed by atoms with Crippen molar-refractivity contribution in [3.05, 3.63) is 54.2 Å². The smallest absolute Gasteiger partial charge is 0.417 e. The van der Waals surface area contributed by atoms with Crippen molar-refractivity contribution >= 4 is 23.5 Å². The van der Waals surface area contributed by atoms with Crippen molar-refractivity contribution in [2.24, 2.45) is 0 Å². The first-order valence-corrected chi connectivity index (χ1v) is 10.2. The third-order valence-corrected chi connectivity index (χ3v) is 4.46. The maximum atomic E-state index is 13.0.